The van der Waals surface area contributed by atoms with Crippen molar-refractivity contribution in [3.05, 3.63) is 65.1 Å². The zero-order valence-electron chi connectivity index (χ0n) is 12.9. The van der Waals surface area contributed by atoms with Gasteiger partial charge in [0, 0.05) is 5.56 Å². The number of hydrogen-bond acceptors (Lipinski definition) is 6. The number of aromatic nitrogens is 3. The number of nitrogens with one attached hydrogen (secondary N) is 1. The lowest BCUT2D eigenvalue weighted by Crippen LogP contribution is -2.24. The molecule has 0 aliphatic rings. The van der Waals surface area contributed by atoms with E-state index < -0.39 is 5.76 Å². The predicted molar refractivity (Wildman–Crippen MR) is 94.4 cm³/mol. The molecule has 0 aliphatic carbocycles. The van der Waals surface area contributed by atoms with E-state index in [0.717, 1.165) is 5.56 Å². The molecule has 2 aromatic carbocycles. The number of anilines is 1. The van der Waals surface area contributed by atoms with E-state index in [9.17, 15) is 9.59 Å². The highest BCUT2D eigenvalue weighted by molar-refractivity contribution is 7.18. The number of oxazole rings is 1. The van der Waals surface area contributed by atoms with Gasteiger partial charge in [-0.25, -0.2) is 4.79 Å². The molecule has 0 fully saturated rings. The van der Waals surface area contributed by atoms with E-state index in [2.05, 4.69) is 15.5 Å². The molecule has 25 heavy (non-hydrogen) atoms. The maximum Gasteiger partial charge on any atom is 0.420 e. The van der Waals surface area contributed by atoms with Crippen molar-refractivity contribution < 1.29 is 9.21 Å². The molecule has 7 nitrogen and oxygen atoms in total. The Balaban J connectivity index is 1.52. The molecular weight excluding hydrogens is 340 g/mol. The third-order valence-corrected chi connectivity index (χ3v) is 4.46. The maximum absolute atomic E-state index is 12.2. The van der Waals surface area contributed by atoms with Crippen LogP contribution in [0.3, 0.4) is 0 Å². The lowest BCUT2D eigenvalue weighted by Gasteiger charge is -2.01. The molecule has 0 spiro atoms. The molecule has 2 heterocycles. The second-order valence-electron chi connectivity index (χ2n) is 5.25. The number of nitrogens with zero attached hydrogens (tertiary/aromatic N) is 3. The topological polar surface area (TPSA) is 90.0 Å². The lowest BCUT2D eigenvalue weighted by molar-refractivity contribution is -0.116. The minimum atomic E-state index is -0.571. The SMILES string of the molecule is O=C(Cn1c(=O)oc2ccccc21)Nc1nnc(-c2ccccc2)s1. The van der Waals surface area contributed by atoms with Crippen molar-refractivity contribution in [1.29, 1.82) is 0 Å². The minimum absolute atomic E-state index is 0.157. The fourth-order valence-corrected chi connectivity index (χ4v) is 3.20. The summed E-state index contributed by atoms with van der Waals surface area (Å²) in [6.45, 7) is -0.157. The summed E-state index contributed by atoms with van der Waals surface area (Å²) < 4.78 is 6.40. The average Bonchev–Trinajstić information content (AvgIpc) is 3.21. The summed E-state index contributed by atoms with van der Waals surface area (Å²) >= 11 is 1.27. The molecular formula is C17H12N4O3S. The molecule has 1 amide bonds. The van der Waals surface area contributed by atoms with Gasteiger partial charge in [0.2, 0.25) is 11.0 Å². The predicted octanol–water partition coefficient (Wildman–Crippen LogP) is 2.75. The molecule has 0 radical (unpaired) electrons. The molecule has 4 rings (SSSR count). The van der Waals surface area contributed by atoms with Crippen LogP contribution in [0.25, 0.3) is 21.7 Å². The molecule has 0 atom stereocenters. The van der Waals surface area contributed by atoms with Gasteiger partial charge in [-0.15, -0.1) is 10.2 Å². The molecule has 0 saturated heterocycles. The van der Waals surface area contributed by atoms with E-state index in [1.165, 1.54) is 15.9 Å². The number of carbonyl (C=O) groups is 1. The molecule has 0 aliphatic heterocycles. The lowest BCUT2D eigenvalue weighted by atomic mass is 10.2. The third-order valence-electron chi connectivity index (χ3n) is 3.57. The average molecular weight is 352 g/mol. The van der Waals surface area contributed by atoms with Crippen LogP contribution in [0, 0.1) is 0 Å². The summed E-state index contributed by atoms with van der Waals surface area (Å²) in [4.78, 5) is 24.2. The molecule has 2 aromatic heterocycles. The van der Waals surface area contributed by atoms with Crippen LogP contribution in [0.1, 0.15) is 0 Å². The third kappa shape index (κ3) is 3.07. The second-order valence-corrected chi connectivity index (χ2v) is 6.23. The number of amides is 1. The van der Waals surface area contributed by atoms with Crippen molar-refractivity contribution in [2.45, 2.75) is 6.54 Å². The van der Waals surface area contributed by atoms with Gasteiger partial charge in [-0.3, -0.25) is 14.7 Å². The normalized spacial score (nSPS) is 10.9. The standard InChI is InChI=1S/C17H12N4O3S/c22-14(10-21-12-8-4-5-9-13(12)24-17(21)23)18-16-20-19-15(25-16)11-6-2-1-3-7-11/h1-9H,10H2,(H,18,20,22). The summed E-state index contributed by atoms with van der Waals surface area (Å²) in [5.74, 6) is -0.942. The molecule has 1 N–H and O–H groups in total. The highest BCUT2D eigenvalue weighted by Crippen LogP contribution is 2.25. The van der Waals surface area contributed by atoms with Gasteiger partial charge >= 0.3 is 5.76 Å². The number of para-hydroxylation sites is 2. The Morgan fingerprint density at radius 3 is 2.68 bits per heavy atom. The van der Waals surface area contributed by atoms with Crippen molar-refractivity contribution in [3.8, 4) is 10.6 Å². The highest BCUT2D eigenvalue weighted by atomic mass is 32.1. The number of hydrogen-bond donors (Lipinski definition) is 1. The maximum atomic E-state index is 12.2. The van der Waals surface area contributed by atoms with E-state index in [4.69, 9.17) is 4.42 Å². The Bertz CT molecular complexity index is 1100. The fourth-order valence-electron chi connectivity index (χ4n) is 2.44. The van der Waals surface area contributed by atoms with Crippen LogP contribution in [0.2, 0.25) is 0 Å². The summed E-state index contributed by atoms with van der Waals surface area (Å²) in [5, 5.41) is 11.8. The zero-order chi connectivity index (χ0) is 17.2. The van der Waals surface area contributed by atoms with E-state index in [1.54, 1.807) is 24.3 Å². The van der Waals surface area contributed by atoms with Crippen molar-refractivity contribution >= 4 is 33.5 Å². The monoisotopic (exact) mass is 352 g/mol. The van der Waals surface area contributed by atoms with Crippen LogP contribution >= 0.6 is 11.3 Å². The summed E-state index contributed by atoms with van der Waals surface area (Å²) in [5.41, 5.74) is 1.95. The van der Waals surface area contributed by atoms with E-state index in [1.807, 2.05) is 30.3 Å². The van der Waals surface area contributed by atoms with Crippen molar-refractivity contribution in [1.82, 2.24) is 14.8 Å². The van der Waals surface area contributed by atoms with E-state index in [-0.39, 0.29) is 12.5 Å². The van der Waals surface area contributed by atoms with Crippen LogP contribution in [-0.2, 0) is 11.3 Å². The van der Waals surface area contributed by atoms with E-state index >= 15 is 0 Å². The van der Waals surface area contributed by atoms with Crippen molar-refractivity contribution in [2.24, 2.45) is 0 Å². The summed E-state index contributed by atoms with van der Waals surface area (Å²) in [7, 11) is 0. The molecule has 0 saturated carbocycles. The first-order chi connectivity index (χ1) is 12.2. The van der Waals surface area contributed by atoms with Crippen LogP contribution in [0.15, 0.2) is 63.8 Å². The second kappa shape index (κ2) is 6.33. The Hall–Kier alpha value is -3.26. The largest absolute Gasteiger partial charge is 0.420 e. The molecule has 124 valence electrons. The highest BCUT2D eigenvalue weighted by Gasteiger charge is 2.14. The number of benzene rings is 2. The first-order valence-electron chi connectivity index (χ1n) is 7.48. The van der Waals surface area contributed by atoms with Crippen LogP contribution in [0.5, 0.6) is 0 Å². The van der Waals surface area contributed by atoms with Gasteiger partial charge in [0.1, 0.15) is 11.6 Å². The molecule has 0 unspecified atom stereocenters. The van der Waals surface area contributed by atoms with Crippen molar-refractivity contribution in [2.75, 3.05) is 5.32 Å². The number of fused-ring (bicyclic) bond motifs is 1. The van der Waals surface area contributed by atoms with Gasteiger partial charge in [0.25, 0.3) is 0 Å². The first kappa shape index (κ1) is 15.3. The van der Waals surface area contributed by atoms with Gasteiger partial charge in [-0.2, -0.15) is 0 Å². The Kier molecular flexibility index (Phi) is 3.87. The number of carbonyl (C=O) groups excluding carboxylic acids is 1. The van der Waals surface area contributed by atoms with Gasteiger partial charge in [0.15, 0.2) is 5.58 Å². The van der Waals surface area contributed by atoms with Gasteiger partial charge in [-0.1, -0.05) is 53.8 Å². The Morgan fingerprint density at radius 1 is 1.08 bits per heavy atom. The molecule has 0 bridgehead atoms. The first-order valence-corrected chi connectivity index (χ1v) is 8.29. The van der Waals surface area contributed by atoms with Crippen molar-refractivity contribution in [3.63, 3.8) is 0 Å². The van der Waals surface area contributed by atoms with E-state index in [0.29, 0.717) is 21.2 Å². The van der Waals surface area contributed by atoms with Crippen LogP contribution in [0.4, 0.5) is 5.13 Å². The summed E-state index contributed by atoms with van der Waals surface area (Å²) in [6.07, 6.45) is 0. The smallest absolute Gasteiger partial charge is 0.408 e. The van der Waals surface area contributed by atoms with Gasteiger partial charge in [-0.05, 0) is 12.1 Å². The Labute approximate surface area is 145 Å². The fraction of sp³-hybridized carbons (Fsp3) is 0.0588. The van der Waals surface area contributed by atoms with Gasteiger partial charge in [0.05, 0.1) is 5.52 Å². The minimum Gasteiger partial charge on any atom is -0.408 e. The molecule has 4 aromatic rings. The molecule has 8 heteroatoms. The summed E-state index contributed by atoms with van der Waals surface area (Å²) in [6, 6.07) is 16.5. The van der Waals surface area contributed by atoms with Crippen LogP contribution in [-0.4, -0.2) is 20.7 Å². The quantitative estimate of drug-likeness (QED) is 0.610. The van der Waals surface area contributed by atoms with Crippen LogP contribution < -0.4 is 11.1 Å². The number of rotatable bonds is 4. The van der Waals surface area contributed by atoms with Gasteiger partial charge < -0.3 is 4.42 Å². The zero-order valence-corrected chi connectivity index (χ0v) is 13.7. The Morgan fingerprint density at radius 2 is 1.84 bits per heavy atom.